The van der Waals surface area contributed by atoms with Crippen molar-refractivity contribution in [2.24, 2.45) is 0 Å². The molecule has 2 heterocycles. The second-order valence-corrected chi connectivity index (χ2v) is 6.10. The van der Waals surface area contributed by atoms with Crippen molar-refractivity contribution in [1.29, 1.82) is 0 Å². The third-order valence-electron chi connectivity index (χ3n) is 3.96. The number of pyridine rings is 2. The predicted octanol–water partition coefficient (Wildman–Crippen LogP) is 3.83. The molecule has 0 spiro atoms. The molecule has 5 heteroatoms. The zero-order valence-electron chi connectivity index (χ0n) is 14.9. The molecule has 26 heavy (non-hydrogen) atoms. The predicted molar refractivity (Wildman–Crippen MR) is 103 cm³/mol. The standard InChI is InChI=1S/C21H25N3O2/c25-20(12-11-18-8-6-13-22-16-18)10-4-2-1-3-5-15-24-21(26)19-9-7-14-23-17-19/h6-9,11-14,16-17H,1-5,10,15H2,(H,24,26)/b12-11+. The van der Waals surface area contributed by atoms with Gasteiger partial charge in [0, 0.05) is 37.8 Å². The summed E-state index contributed by atoms with van der Waals surface area (Å²) in [4.78, 5) is 31.6. The number of nitrogens with zero attached hydrogens (tertiary/aromatic N) is 2. The van der Waals surface area contributed by atoms with Crippen LogP contribution in [0.5, 0.6) is 0 Å². The minimum Gasteiger partial charge on any atom is -0.352 e. The molecular formula is C21H25N3O2. The number of nitrogens with one attached hydrogen (secondary N) is 1. The highest BCUT2D eigenvalue weighted by molar-refractivity contribution is 5.94. The van der Waals surface area contributed by atoms with Gasteiger partial charge in [-0.15, -0.1) is 0 Å². The number of aromatic nitrogens is 2. The van der Waals surface area contributed by atoms with E-state index in [4.69, 9.17) is 0 Å². The molecule has 0 aliphatic carbocycles. The monoisotopic (exact) mass is 351 g/mol. The minimum atomic E-state index is -0.0795. The van der Waals surface area contributed by atoms with Crippen molar-refractivity contribution < 1.29 is 9.59 Å². The molecular weight excluding hydrogens is 326 g/mol. The summed E-state index contributed by atoms with van der Waals surface area (Å²) < 4.78 is 0. The Hall–Kier alpha value is -2.82. The van der Waals surface area contributed by atoms with E-state index in [1.54, 1.807) is 49.1 Å². The molecule has 2 rings (SSSR count). The fraction of sp³-hybridized carbons (Fsp3) is 0.333. The van der Waals surface area contributed by atoms with Gasteiger partial charge in [0.15, 0.2) is 5.78 Å². The third kappa shape index (κ3) is 7.83. The smallest absolute Gasteiger partial charge is 0.252 e. The van der Waals surface area contributed by atoms with E-state index in [9.17, 15) is 9.59 Å². The van der Waals surface area contributed by atoms with E-state index in [1.165, 1.54) is 0 Å². The average Bonchev–Trinajstić information content (AvgIpc) is 2.69. The van der Waals surface area contributed by atoms with Crippen LogP contribution in [0.1, 0.15) is 54.4 Å². The SMILES string of the molecule is O=C(/C=C/c1cccnc1)CCCCCCCNC(=O)c1cccnc1. The molecule has 0 bridgehead atoms. The second kappa shape index (κ2) is 11.7. The Morgan fingerprint density at radius 3 is 2.38 bits per heavy atom. The maximum atomic E-state index is 11.8. The summed E-state index contributed by atoms with van der Waals surface area (Å²) in [6.07, 6.45) is 15.7. The number of ketones is 1. The Morgan fingerprint density at radius 1 is 0.923 bits per heavy atom. The van der Waals surface area contributed by atoms with Gasteiger partial charge in [-0.2, -0.15) is 0 Å². The van der Waals surface area contributed by atoms with Crippen LogP contribution in [0.2, 0.25) is 0 Å². The van der Waals surface area contributed by atoms with Gasteiger partial charge in [0.2, 0.25) is 0 Å². The van der Waals surface area contributed by atoms with Crippen LogP contribution in [0.3, 0.4) is 0 Å². The minimum absolute atomic E-state index is 0.0795. The Balaban J connectivity index is 1.47. The summed E-state index contributed by atoms with van der Waals surface area (Å²) in [7, 11) is 0. The van der Waals surface area contributed by atoms with Gasteiger partial charge < -0.3 is 5.32 Å². The van der Waals surface area contributed by atoms with E-state index in [0.717, 1.165) is 37.7 Å². The van der Waals surface area contributed by atoms with Crippen LogP contribution in [0, 0.1) is 0 Å². The molecule has 0 aliphatic heterocycles. The molecule has 1 N–H and O–H groups in total. The van der Waals surface area contributed by atoms with Crippen molar-refractivity contribution in [1.82, 2.24) is 15.3 Å². The first-order valence-electron chi connectivity index (χ1n) is 9.05. The van der Waals surface area contributed by atoms with Gasteiger partial charge >= 0.3 is 0 Å². The number of amides is 1. The Bertz CT molecular complexity index is 700. The number of hydrogen-bond acceptors (Lipinski definition) is 4. The fourth-order valence-corrected chi connectivity index (χ4v) is 2.50. The van der Waals surface area contributed by atoms with E-state index >= 15 is 0 Å². The van der Waals surface area contributed by atoms with Crippen molar-refractivity contribution in [2.75, 3.05) is 6.54 Å². The average molecular weight is 351 g/mol. The van der Waals surface area contributed by atoms with Crippen LogP contribution in [-0.4, -0.2) is 28.2 Å². The van der Waals surface area contributed by atoms with Crippen molar-refractivity contribution in [2.45, 2.75) is 38.5 Å². The number of unbranched alkanes of at least 4 members (excludes halogenated alkanes) is 4. The zero-order chi connectivity index (χ0) is 18.5. The molecule has 0 aliphatic rings. The number of carbonyl (C=O) groups is 2. The summed E-state index contributed by atoms with van der Waals surface area (Å²) >= 11 is 0. The van der Waals surface area contributed by atoms with E-state index in [1.807, 2.05) is 12.1 Å². The highest BCUT2D eigenvalue weighted by Gasteiger charge is 2.03. The van der Waals surface area contributed by atoms with Gasteiger partial charge in [-0.3, -0.25) is 19.6 Å². The Morgan fingerprint density at radius 2 is 1.65 bits per heavy atom. The molecule has 0 unspecified atom stereocenters. The number of rotatable bonds is 11. The molecule has 2 aromatic rings. The molecule has 5 nitrogen and oxygen atoms in total. The van der Waals surface area contributed by atoms with Gasteiger partial charge in [0.1, 0.15) is 0 Å². The molecule has 0 radical (unpaired) electrons. The van der Waals surface area contributed by atoms with Crippen LogP contribution >= 0.6 is 0 Å². The maximum Gasteiger partial charge on any atom is 0.252 e. The van der Waals surface area contributed by atoms with Gasteiger partial charge in [0.05, 0.1) is 5.56 Å². The van der Waals surface area contributed by atoms with Crippen LogP contribution in [-0.2, 0) is 4.79 Å². The molecule has 0 saturated carbocycles. The molecule has 0 saturated heterocycles. The second-order valence-electron chi connectivity index (χ2n) is 6.10. The van der Waals surface area contributed by atoms with Crippen molar-refractivity contribution in [3.8, 4) is 0 Å². The molecule has 2 aromatic heterocycles. The van der Waals surface area contributed by atoms with Crippen molar-refractivity contribution in [3.63, 3.8) is 0 Å². The maximum absolute atomic E-state index is 11.8. The quantitative estimate of drug-likeness (QED) is 0.493. The lowest BCUT2D eigenvalue weighted by atomic mass is 10.1. The number of allylic oxidation sites excluding steroid dienone is 1. The molecule has 136 valence electrons. The lowest BCUT2D eigenvalue weighted by Gasteiger charge is -2.04. The van der Waals surface area contributed by atoms with Gasteiger partial charge in [-0.25, -0.2) is 0 Å². The third-order valence-corrected chi connectivity index (χ3v) is 3.96. The van der Waals surface area contributed by atoms with Crippen LogP contribution in [0.4, 0.5) is 0 Å². The lowest BCUT2D eigenvalue weighted by Crippen LogP contribution is -2.24. The van der Waals surface area contributed by atoms with Gasteiger partial charge in [-0.05, 0) is 48.8 Å². The van der Waals surface area contributed by atoms with E-state index < -0.39 is 0 Å². The highest BCUT2D eigenvalue weighted by atomic mass is 16.1. The molecule has 0 atom stereocenters. The van der Waals surface area contributed by atoms with Crippen LogP contribution in [0.15, 0.2) is 55.1 Å². The van der Waals surface area contributed by atoms with E-state index in [0.29, 0.717) is 18.5 Å². The number of carbonyl (C=O) groups excluding carboxylic acids is 2. The highest BCUT2D eigenvalue weighted by Crippen LogP contribution is 2.07. The Kier molecular flexibility index (Phi) is 8.77. The van der Waals surface area contributed by atoms with Crippen LogP contribution in [0.25, 0.3) is 6.08 Å². The van der Waals surface area contributed by atoms with E-state index in [2.05, 4.69) is 15.3 Å². The summed E-state index contributed by atoms with van der Waals surface area (Å²) in [6, 6.07) is 7.28. The number of hydrogen-bond donors (Lipinski definition) is 1. The van der Waals surface area contributed by atoms with Gasteiger partial charge in [0.25, 0.3) is 5.91 Å². The molecule has 1 amide bonds. The summed E-state index contributed by atoms with van der Waals surface area (Å²) in [5.74, 6) is 0.0710. The van der Waals surface area contributed by atoms with Crippen LogP contribution < -0.4 is 5.32 Å². The summed E-state index contributed by atoms with van der Waals surface area (Å²) in [5.41, 5.74) is 1.53. The first-order chi connectivity index (χ1) is 12.8. The van der Waals surface area contributed by atoms with Crippen molar-refractivity contribution in [3.05, 3.63) is 66.3 Å². The van der Waals surface area contributed by atoms with E-state index in [-0.39, 0.29) is 11.7 Å². The largest absolute Gasteiger partial charge is 0.352 e. The normalized spacial score (nSPS) is 10.8. The zero-order valence-corrected chi connectivity index (χ0v) is 14.9. The van der Waals surface area contributed by atoms with Crippen molar-refractivity contribution >= 4 is 17.8 Å². The topological polar surface area (TPSA) is 72.0 Å². The first-order valence-corrected chi connectivity index (χ1v) is 9.05. The summed E-state index contributed by atoms with van der Waals surface area (Å²) in [5, 5.41) is 2.89. The Labute approximate surface area is 154 Å². The molecule has 0 fully saturated rings. The lowest BCUT2D eigenvalue weighted by molar-refractivity contribution is -0.114. The first kappa shape index (κ1) is 19.5. The molecule has 0 aromatic carbocycles. The fourth-order valence-electron chi connectivity index (χ4n) is 2.50. The van der Waals surface area contributed by atoms with Gasteiger partial charge in [-0.1, -0.05) is 25.3 Å². The summed E-state index contributed by atoms with van der Waals surface area (Å²) in [6.45, 7) is 0.667.